The molecule has 2 heterocycles. The van der Waals surface area contributed by atoms with Crippen molar-refractivity contribution < 1.29 is 4.74 Å². The summed E-state index contributed by atoms with van der Waals surface area (Å²) < 4.78 is 9.28. The Bertz CT molecular complexity index is 1050. The number of rotatable bonds is 4. The summed E-state index contributed by atoms with van der Waals surface area (Å²) in [6.45, 7) is 1.09. The lowest BCUT2D eigenvalue weighted by Crippen LogP contribution is -2.45. The molecule has 0 unspecified atom stereocenters. The molecule has 4 heteroatoms. The van der Waals surface area contributed by atoms with Crippen molar-refractivity contribution in [2.24, 2.45) is 4.99 Å². The number of fused-ring (bicyclic) bond motifs is 3. The maximum atomic E-state index is 6.58. The van der Waals surface area contributed by atoms with Gasteiger partial charge in [-0.2, -0.15) is 0 Å². The van der Waals surface area contributed by atoms with Crippen LogP contribution >= 0.6 is 8.07 Å². The first-order valence-corrected chi connectivity index (χ1v) is 12.7. The molecule has 0 radical (unpaired) electrons. The normalized spacial score (nSPS) is 25.1. The van der Waals surface area contributed by atoms with Gasteiger partial charge in [0.1, 0.15) is 12.1 Å². The predicted molar refractivity (Wildman–Crippen MR) is 129 cm³/mol. The Morgan fingerprint density at radius 3 is 2.23 bits per heavy atom. The van der Waals surface area contributed by atoms with Gasteiger partial charge < -0.3 is 4.74 Å². The summed E-state index contributed by atoms with van der Waals surface area (Å²) >= 11 is 0. The molecule has 1 saturated heterocycles. The van der Waals surface area contributed by atoms with Crippen LogP contribution in [0.3, 0.4) is 0 Å². The minimum absolute atomic E-state index is 0.176. The zero-order valence-electron chi connectivity index (χ0n) is 17.6. The fourth-order valence-corrected chi connectivity index (χ4v) is 7.91. The fraction of sp³-hybridized carbons (Fsp3) is 0.296. The van der Waals surface area contributed by atoms with Gasteiger partial charge in [0, 0.05) is 21.0 Å². The van der Waals surface area contributed by atoms with Gasteiger partial charge in [-0.15, -0.1) is 0 Å². The summed E-state index contributed by atoms with van der Waals surface area (Å²) in [7, 11) is -0.619. The fourth-order valence-electron chi connectivity index (χ4n) is 5.27. The lowest BCUT2D eigenvalue weighted by molar-refractivity contribution is 0.181. The van der Waals surface area contributed by atoms with Crippen LogP contribution < -0.4 is 10.6 Å². The molecule has 1 fully saturated rings. The Labute approximate surface area is 185 Å². The monoisotopic (exact) mass is 426 g/mol. The predicted octanol–water partition coefficient (Wildman–Crippen LogP) is 4.98. The third-order valence-electron chi connectivity index (χ3n) is 6.70. The van der Waals surface area contributed by atoms with Gasteiger partial charge in [-0.3, -0.25) is 4.67 Å². The first kappa shape index (κ1) is 19.2. The first-order valence-electron chi connectivity index (χ1n) is 11.4. The Morgan fingerprint density at radius 1 is 0.806 bits per heavy atom. The van der Waals surface area contributed by atoms with Crippen LogP contribution in [0.25, 0.3) is 0 Å². The van der Waals surface area contributed by atoms with E-state index in [1.165, 1.54) is 34.6 Å². The van der Waals surface area contributed by atoms with Crippen LogP contribution in [0, 0.1) is 0 Å². The van der Waals surface area contributed by atoms with Gasteiger partial charge in [0.05, 0.1) is 6.04 Å². The highest BCUT2D eigenvalue weighted by molar-refractivity contribution is 7.70. The number of ether oxygens (including phenoxy) is 1. The lowest BCUT2D eigenvalue weighted by atomic mass is 10.0. The maximum Gasteiger partial charge on any atom is 0.202 e. The molecule has 0 amide bonds. The molecule has 156 valence electrons. The molecule has 0 bridgehead atoms. The highest BCUT2D eigenvalue weighted by Crippen LogP contribution is 2.46. The van der Waals surface area contributed by atoms with Crippen LogP contribution in [0.4, 0.5) is 0 Å². The zero-order valence-corrected chi connectivity index (χ0v) is 18.5. The Morgan fingerprint density at radius 2 is 1.48 bits per heavy atom. The molecule has 3 aromatic carbocycles. The molecule has 0 spiro atoms. The van der Waals surface area contributed by atoms with E-state index in [-0.39, 0.29) is 18.2 Å². The second-order valence-corrected chi connectivity index (χ2v) is 10.8. The SMILES string of the molecule is c1ccc(P(c2ccccc2)N2CCCC[C@@H]2C2=N[C@H]3c4ccccc4C[C@H]3O2)cc1. The van der Waals surface area contributed by atoms with Gasteiger partial charge in [0.2, 0.25) is 5.90 Å². The number of nitrogens with zero attached hydrogens (tertiary/aromatic N) is 2. The summed E-state index contributed by atoms with van der Waals surface area (Å²) in [6, 6.07) is 31.2. The Kier molecular flexibility index (Phi) is 5.10. The molecular weight excluding hydrogens is 399 g/mol. The number of hydrogen-bond acceptors (Lipinski definition) is 3. The highest BCUT2D eigenvalue weighted by Gasteiger charge is 2.44. The largest absolute Gasteiger partial charge is 0.474 e. The summed E-state index contributed by atoms with van der Waals surface area (Å²) in [4.78, 5) is 5.20. The van der Waals surface area contributed by atoms with Gasteiger partial charge in [-0.05, 0) is 34.6 Å². The summed E-state index contributed by atoms with van der Waals surface area (Å²) in [5, 5.41) is 2.81. The molecule has 0 N–H and O–H groups in total. The van der Waals surface area contributed by atoms with Crippen molar-refractivity contribution in [1.82, 2.24) is 4.67 Å². The van der Waals surface area contributed by atoms with Crippen molar-refractivity contribution in [1.29, 1.82) is 0 Å². The second kappa shape index (κ2) is 8.22. The summed E-state index contributed by atoms with van der Waals surface area (Å²) in [6.07, 6.45) is 4.75. The standard InChI is InChI=1S/C27H27N2OP/c1-3-12-21(13-4-1)31(22-14-5-2-6-15-22)29-18-10-9-17-24(29)27-28-26-23-16-8-7-11-20(23)19-25(26)30-27/h1-8,11-16,24-26H,9-10,17-19H2/t24-,25-,26+/m1/s1. The Hall–Kier alpha value is -2.48. The molecule has 3 aromatic rings. The molecule has 2 aliphatic heterocycles. The maximum absolute atomic E-state index is 6.58. The van der Waals surface area contributed by atoms with E-state index in [9.17, 15) is 0 Å². The van der Waals surface area contributed by atoms with Crippen molar-refractivity contribution >= 4 is 24.6 Å². The molecule has 3 atom stereocenters. The third kappa shape index (κ3) is 3.50. The lowest BCUT2D eigenvalue weighted by Gasteiger charge is -2.41. The van der Waals surface area contributed by atoms with Gasteiger partial charge in [0.15, 0.2) is 0 Å². The van der Waals surface area contributed by atoms with Crippen molar-refractivity contribution in [2.75, 3.05) is 6.54 Å². The molecule has 3 nitrogen and oxygen atoms in total. The van der Waals surface area contributed by atoms with E-state index in [1.807, 2.05) is 0 Å². The van der Waals surface area contributed by atoms with E-state index in [0.717, 1.165) is 25.3 Å². The van der Waals surface area contributed by atoms with E-state index in [4.69, 9.17) is 9.73 Å². The van der Waals surface area contributed by atoms with E-state index >= 15 is 0 Å². The highest BCUT2D eigenvalue weighted by atomic mass is 31.1. The molecule has 6 rings (SSSR count). The van der Waals surface area contributed by atoms with Gasteiger partial charge in [-0.25, -0.2) is 4.99 Å². The summed E-state index contributed by atoms with van der Waals surface area (Å²) in [5.41, 5.74) is 2.76. The number of hydrogen-bond donors (Lipinski definition) is 0. The van der Waals surface area contributed by atoms with Crippen LogP contribution in [0.1, 0.15) is 36.4 Å². The van der Waals surface area contributed by atoms with Crippen molar-refractivity contribution in [2.45, 2.75) is 43.9 Å². The molecule has 0 aromatic heterocycles. The molecule has 0 saturated carbocycles. The van der Waals surface area contributed by atoms with E-state index < -0.39 is 8.07 Å². The van der Waals surface area contributed by atoms with Crippen LogP contribution in [0.15, 0.2) is 89.9 Å². The number of aliphatic imine (C=N–C) groups is 1. The smallest absolute Gasteiger partial charge is 0.202 e. The third-order valence-corrected chi connectivity index (χ3v) is 9.27. The van der Waals surface area contributed by atoms with Crippen molar-refractivity contribution in [3.63, 3.8) is 0 Å². The van der Waals surface area contributed by atoms with Crippen molar-refractivity contribution in [3.05, 3.63) is 96.1 Å². The topological polar surface area (TPSA) is 24.8 Å². The number of benzene rings is 3. The minimum Gasteiger partial charge on any atom is -0.474 e. The molecule has 3 aliphatic rings. The Balaban J connectivity index is 1.37. The summed E-state index contributed by atoms with van der Waals surface area (Å²) in [5.74, 6) is 0.976. The number of piperidine rings is 1. The molecule has 31 heavy (non-hydrogen) atoms. The minimum atomic E-state index is -0.619. The van der Waals surface area contributed by atoms with Crippen LogP contribution in [-0.4, -0.2) is 29.3 Å². The quantitative estimate of drug-likeness (QED) is 0.550. The van der Waals surface area contributed by atoms with E-state index in [1.54, 1.807) is 0 Å². The second-order valence-electron chi connectivity index (χ2n) is 8.63. The molecule has 1 aliphatic carbocycles. The van der Waals surface area contributed by atoms with E-state index in [0.29, 0.717) is 0 Å². The average molecular weight is 427 g/mol. The van der Waals surface area contributed by atoms with Crippen molar-refractivity contribution in [3.8, 4) is 0 Å². The van der Waals surface area contributed by atoms with Gasteiger partial charge >= 0.3 is 0 Å². The van der Waals surface area contributed by atoms with Gasteiger partial charge in [0.25, 0.3) is 0 Å². The van der Waals surface area contributed by atoms with Crippen LogP contribution in [0.5, 0.6) is 0 Å². The average Bonchev–Trinajstić information content (AvgIpc) is 3.39. The van der Waals surface area contributed by atoms with Gasteiger partial charge in [-0.1, -0.05) is 91.3 Å². The zero-order chi connectivity index (χ0) is 20.6. The van der Waals surface area contributed by atoms with Crippen LogP contribution in [-0.2, 0) is 11.2 Å². The van der Waals surface area contributed by atoms with Crippen LogP contribution in [0.2, 0.25) is 0 Å². The first-order chi connectivity index (χ1) is 15.4. The van der Waals surface area contributed by atoms with E-state index in [2.05, 4.69) is 89.6 Å². The molecular formula is C27H27N2OP.